The summed E-state index contributed by atoms with van der Waals surface area (Å²) in [6.07, 6.45) is 9.47. The molecule has 6 heteroatoms. The molecule has 0 bridgehead atoms. The monoisotopic (exact) mass is 422 g/mol. The Balaban J connectivity index is 1.90. The lowest BCUT2D eigenvalue weighted by Gasteiger charge is -2.19. The predicted molar refractivity (Wildman–Crippen MR) is 114 cm³/mol. The quantitative estimate of drug-likeness (QED) is 0.260. The number of hydrogen-bond acceptors (Lipinski definition) is 4. The van der Waals surface area contributed by atoms with Crippen LogP contribution < -0.4 is 0 Å². The van der Waals surface area contributed by atoms with Crippen molar-refractivity contribution in [2.45, 2.75) is 63.0 Å². The van der Waals surface area contributed by atoms with E-state index >= 15 is 0 Å². The fourth-order valence-corrected chi connectivity index (χ4v) is 4.27. The predicted octanol–water partition coefficient (Wildman–Crippen LogP) is 3.97. The van der Waals surface area contributed by atoms with Crippen LogP contribution in [0.3, 0.4) is 0 Å². The zero-order valence-corrected chi connectivity index (χ0v) is 17.5. The van der Waals surface area contributed by atoms with Crippen molar-refractivity contribution in [3.8, 4) is 5.75 Å². The van der Waals surface area contributed by atoms with Crippen LogP contribution in [0.25, 0.3) is 0 Å². The second-order valence-corrected chi connectivity index (χ2v) is 8.39. The number of aliphatic hydroxyl groups is 2. The smallest absolute Gasteiger partial charge is 0.303 e. The molecule has 5 atom stereocenters. The molecular weight excluding hydrogens is 392 g/mol. The molecule has 5 nitrogen and oxygen atoms in total. The molecule has 4 N–H and O–H groups in total. The number of aromatic hydroxyl groups is 1. The van der Waals surface area contributed by atoms with Gasteiger partial charge in [0.2, 0.25) is 0 Å². The van der Waals surface area contributed by atoms with Gasteiger partial charge in [-0.05, 0) is 55.7 Å². The maximum Gasteiger partial charge on any atom is 0.303 e. The zero-order valence-electron chi connectivity index (χ0n) is 16.7. The van der Waals surface area contributed by atoms with E-state index in [0.717, 1.165) is 11.1 Å². The molecule has 1 saturated carbocycles. The topological polar surface area (TPSA) is 98.0 Å². The van der Waals surface area contributed by atoms with Gasteiger partial charge in [0.05, 0.1) is 12.2 Å². The third kappa shape index (κ3) is 7.50. The van der Waals surface area contributed by atoms with Crippen molar-refractivity contribution >= 4 is 17.6 Å². The number of rotatable bonds is 10. The Morgan fingerprint density at radius 3 is 2.79 bits per heavy atom. The number of phenols is 1. The average molecular weight is 423 g/mol. The van der Waals surface area contributed by atoms with Crippen molar-refractivity contribution in [2.75, 3.05) is 0 Å². The number of carboxylic acid groups (broad SMARTS) is 1. The number of hydrogen-bond donors (Lipinski definition) is 4. The fraction of sp³-hybridized carbons (Fsp3) is 0.522. The van der Waals surface area contributed by atoms with E-state index in [-0.39, 0.29) is 29.4 Å². The first-order valence-corrected chi connectivity index (χ1v) is 10.6. The van der Waals surface area contributed by atoms with Gasteiger partial charge in [0, 0.05) is 24.1 Å². The van der Waals surface area contributed by atoms with E-state index < -0.39 is 18.2 Å². The molecule has 29 heavy (non-hydrogen) atoms. The summed E-state index contributed by atoms with van der Waals surface area (Å²) >= 11 is 6.44. The van der Waals surface area contributed by atoms with Crippen LogP contribution in [0.5, 0.6) is 5.75 Å². The van der Waals surface area contributed by atoms with Crippen LogP contribution in [-0.2, 0) is 11.2 Å². The molecule has 0 heterocycles. The lowest BCUT2D eigenvalue weighted by molar-refractivity contribution is -0.137. The minimum absolute atomic E-state index is 0.0711. The molecule has 2 rings (SSSR count). The Morgan fingerprint density at radius 1 is 1.34 bits per heavy atom. The molecule has 1 aliphatic rings. The van der Waals surface area contributed by atoms with Crippen molar-refractivity contribution in [2.24, 2.45) is 11.8 Å². The van der Waals surface area contributed by atoms with Crippen LogP contribution in [0, 0.1) is 18.8 Å². The van der Waals surface area contributed by atoms with Gasteiger partial charge in [-0.25, -0.2) is 0 Å². The van der Waals surface area contributed by atoms with Gasteiger partial charge in [-0.3, -0.25) is 4.79 Å². The van der Waals surface area contributed by atoms with E-state index in [4.69, 9.17) is 16.7 Å². The van der Waals surface area contributed by atoms with Crippen molar-refractivity contribution in [1.29, 1.82) is 0 Å². The first-order valence-electron chi connectivity index (χ1n) is 10.1. The summed E-state index contributed by atoms with van der Waals surface area (Å²) < 4.78 is 0. The fourth-order valence-electron chi connectivity index (χ4n) is 3.82. The van der Waals surface area contributed by atoms with Crippen LogP contribution in [0.4, 0.5) is 0 Å². The molecule has 0 saturated heterocycles. The largest absolute Gasteiger partial charge is 0.508 e. The van der Waals surface area contributed by atoms with Crippen LogP contribution in [-0.4, -0.2) is 44.0 Å². The number of aliphatic hydroxyl groups excluding tert-OH is 2. The van der Waals surface area contributed by atoms with Crippen molar-refractivity contribution in [1.82, 2.24) is 0 Å². The molecule has 1 aromatic rings. The highest BCUT2D eigenvalue weighted by Gasteiger charge is 2.39. The van der Waals surface area contributed by atoms with Crippen LogP contribution in [0.15, 0.2) is 42.5 Å². The van der Waals surface area contributed by atoms with E-state index in [1.54, 1.807) is 18.2 Å². The summed E-state index contributed by atoms with van der Waals surface area (Å²) in [7, 11) is 0. The van der Waals surface area contributed by atoms with E-state index in [9.17, 15) is 20.1 Å². The molecule has 0 radical (unpaired) electrons. The maximum absolute atomic E-state index is 10.5. The minimum Gasteiger partial charge on any atom is -0.508 e. The van der Waals surface area contributed by atoms with E-state index in [1.165, 1.54) is 0 Å². The van der Waals surface area contributed by atoms with Gasteiger partial charge in [0.15, 0.2) is 0 Å². The number of phenolic OH excluding ortho intramolecular Hbond substituents is 1. The molecule has 0 aromatic heterocycles. The van der Waals surface area contributed by atoms with E-state index in [1.807, 2.05) is 31.2 Å². The molecule has 0 aliphatic heterocycles. The highest BCUT2D eigenvalue weighted by Crippen LogP contribution is 2.39. The summed E-state index contributed by atoms with van der Waals surface area (Å²) in [6, 6.07) is 5.26. The normalized spacial score (nSPS) is 25.8. The number of aliphatic carboxylic acids is 1. The van der Waals surface area contributed by atoms with Crippen LogP contribution in [0.1, 0.15) is 43.2 Å². The van der Waals surface area contributed by atoms with E-state index in [0.29, 0.717) is 32.1 Å². The molecule has 0 spiro atoms. The van der Waals surface area contributed by atoms with Crippen molar-refractivity contribution in [3.05, 3.63) is 53.6 Å². The lowest BCUT2D eigenvalue weighted by atomic mass is 9.90. The van der Waals surface area contributed by atoms with E-state index in [2.05, 4.69) is 0 Å². The molecule has 0 unspecified atom stereocenters. The summed E-state index contributed by atoms with van der Waals surface area (Å²) in [5.74, 6) is -0.608. The Hall–Kier alpha value is -1.82. The standard InChI is InChI=1S/C23H31ClO5/c1-15-12-16(8-11-21(15)26)13-17(25)9-10-19-18(20(24)14-22(19)27)6-4-2-3-5-7-23(28)29/h2,4,8-12,17-20,22,25-27H,3,5-7,13-14H2,1H3,(H,28,29)/b4-2-,10-9+/t17-,18+,19+,20+,22+/m0/s1. The number of unbranched alkanes of at least 4 members (excludes halogenated alkanes) is 1. The van der Waals surface area contributed by atoms with Gasteiger partial charge in [0.1, 0.15) is 5.75 Å². The number of benzene rings is 1. The SMILES string of the molecule is Cc1cc(C[C@@H](O)/C=C/[C@@H]2[C@@H](C/C=C\CCCC(=O)O)[C@H](Cl)C[C@H]2O)ccc1O. The van der Waals surface area contributed by atoms with Gasteiger partial charge < -0.3 is 20.4 Å². The number of allylic oxidation sites excluding steroid dienone is 2. The second kappa shape index (κ2) is 11.4. The third-order valence-corrected chi connectivity index (χ3v) is 5.97. The Kier molecular flexibility index (Phi) is 9.21. The third-order valence-electron chi connectivity index (χ3n) is 5.47. The Bertz CT molecular complexity index is 730. The molecule has 1 aromatic carbocycles. The first-order chi connectivity index (χ1) is 13.8. The number of carboxylic acids is 1. The van der Waals surface area contributed by atoms with Gasteiger partial charge in [0.25, 0.3) is 0 Å². The average Bonchev–Trinajstić information content (AvgIpc) is 2.92. The number of alkyl halides is 1. The number of aryl methyl sites for hydroxylation is 1. The number of halogens is 1. The van der Waals surface area contributed by atoms with Crippen molar-refractivity contribution in [3.63, 3.8) is 0 Å². The highest BCUT2D eigenvalue weighted by atomic mass is 35.5. The minimum atomic E-state index is -0.788. The maximum atomic E-state index is 10.5. The van der Waals surface area contributed by atoms with Crippen LogP contribution in [0.2, 0.25) is 0 Å². The van der Waals surface area contributed by atoms with Crippen LogP contribution >= 0.6 is 11.6 Å². The first kappa shape index (κ1) is 23.5. The summed E-state index contributed by atoms with van der Waals surface area (Å²) in [4.78, 5) is 10.5. The van der Waals surface area contributed by atoms with Gasteiger partial charge in [-0.1, -0.05) is 36.4 Å². The zero-order chi connectivity index (χ0) is 21.4. The number of carbonyl (C=O) groups is 1. The van der Waals surface area contributed by atoms with Crippen molar-refractivity contribution < 1.29 is 25.2 Å². The highest BCUT2D eigenvalue weighted by molar-refractivity contribution is 6.21. The molecular formula is C23H31ClO5. The second-order valence-electron chi connectivity index (χ2n) is 7.83. The van der Waals surface area contributed by atoms with Gasteiger partial charge in [-0.15, -0.1) is 11.6 Å². The summed E-state index contributed by atoms with van der Waals surface area (Å²) in [6.45, 7) is 1.82. The molecule has 160 valence electrons. The molecule has 0 amide bonds. The lowest BCUT2D eigenvalue weighted by Crippen LogP contribution is -2.19. The summed E-state index contributed by atoms with van der Waals surface area (Å²) in [5.41, 5.74) is 1.70. The van der Waals surface area contributed by atoms with Gasteiger partial charge >= 0.3 is 5.97 Å². The molecule has 1 aliphatic carbocycles. The Labute approximate surface area is 177 Å². The molecule has 1 fully saturated rings. The van der Waals surface area contributed by atoms with Gasteiger partial charge in [-0.2, -0.15) is 0 Å². The Morgan fingerprint density at radius 2 is 2.10 bits per heavy atom. The summed E-state index contributed by atoms with van der Waals surface area (Å²) in [5, 5.41) is 38.8.